The first kappa shape index (κ1) is 21.3. The Labute approximate surface area is 179 Å². The minimum Gasteiger partial charge on any atom is -0.376 e. The quantitative estimate of drug-likeness (QED) is 0.819. The van der Waals surface area contributed by atoms with E-state index in [2.05, 4.69) is 26.1 Å². The van der Waals surface area contributed by atoms with E-state index in [1.165, 1.54) is 6.42 Å². The minimum atomic E-state index is -0.978. The molecule has 7 heteroatoms. The van der Waals surface area contributed by atoms with E-state index in [0.29, 0.717) is 18.8 Å². The molecule has 2 amide bonds. The summed E-state index contributed by atoms with van der Waals surface area (Å²) in [6.07, 6.45) is 7.50. The van der Waals surface area contributed by atoms with Gasteiger partial charge in [-0.3, -0.25) is 14.3 Å². The largest absolute Gasteiger partial charge is 0.376 e. The molecule has 0 radical (unpaired) electrons. The summed E-state index contributed by atoms with van der Waals surface area (Å²) in [6.45, 7) is 9.70. The Morgan fingerprint density at radius 2 is 1.97 bits per heavy atom. The molecular weight excluding hydrogens is 380 g/mol. The zero-order valence-electron chi connectivity index (χ0n) is 18.9. The lowest BCUT2D eigenvalue weighted by atomic mass is 9.90. The van der Waals surface area contributed by atoms with Crippen LogP contribution in [0.2, 0.25) is 0 Å². The molecule has 1 N–H and O–H groups in total. The highest BCUT2D eigenvalue weighted by molar-refractivity contribution is 5.99. The number of rotatable bonds is 4. The van der Waals surface area contributed by atoms with Crippen molar-refractivity contribution >= 4 is 11.8 Å². The third-order valence-electron chi connectivity index (χ3n) is 6.91. The SMILES string of the molecule is CC(C)(C)c1cc2n(n1)CC(C)(C(=O)NC1CCCCC1)N(CC1CCCO1)C2=O. The Kier molecular flexibility index (Phi) is 5.68. The fourth-order valence-electron chi connectivity index (χ4n) is 4.87. The summed E-state index contributed by atoms with van der Waals surface area (Å²) in [5.74, 6) is -0.194. The summed E-state index contributed by atoms with van der Waals surface area (Å²) >= 11 is 0. The normalized spacial score (nSPS) is 27.9. The average molecular weight is 417 g/mol. The van der Waals surface area contributed by atoms with Crippen molar-refractivity contribution in [3.8, 4) is 0 Å². The van der Waals surface area contributed by atoms with Crippen molar-refractivity contribution in [2.45, 2.75) is 102 Å². The monoisotopic (exact) mass is 416 g/mol. The van der Waals surface area contributed by atoms with E-state index in [1.807, 2.05) is 13.0 Å². The Morgan fingerprint density at radius 3 is 2.60 bits per heavy atom. The highest BCUT2D eigenvalue weighted by atomic mass is 16.5. The molecule has 0 spiro atoms. The van der Waals surface area contributed by atoms with Crippen LogP contribution in [0.1, 0.15) is 88.8 Å². The molecule has 2 fully saturated rings. The van der Waals surface area contributed by atoms with E-state index in [0.717, 1.165) is 50.8 Å². The predicted octanol–water partition coefficient (Wildman–Crippen LogP) is 3.02. The van der Waals surface area contributed by atoms with Gasteiger partial charge in [0.15, 0.2) is 0 Å². The fraction of sp³-hybridized carbons (Fsp3) is 0.783. The van der Waals surface area contributed by atoms with Crippen LogP contribution >= 0.6 is 0 Å². The Bertz CT molecular complexity index is 800. The standard InChI is InChI=1S/C23H36N4O3/c1-22(2,3)19-13-18-20(28)26(14-17-11-8-12-30-17)23(4,15-27(18)25-19)21(29)24-16-9-6-5-7-10-16/h13,16-17H,5-12,14-15H2,1-4H3,(H,24,29). The van der Waals surface area contributed by atoms with Gasteiger partial charge >= 0.3 is 0 Å². The first-order valence-corrected chi connectivity index (χ1v) is 11.5. The zero-order chi connectivity index (χ0) is 21.5. The third kappa shape index (κ3) is 4.01. The first-order valence-electron chi connectivity index (χ1n) is 11.5. The molecule has 0 bridgehead atoms. The summed E-state index contributed by atoms with van der Waals surface area (Å²) < 4.78 is 7.57. The van der Waals surface area contributed by atoms with Crippen molar-refractivity contribution in [3.05, 3.63) is 17.5 Å². The van der Waals surface area contributed by atoms with Crippen molar-refractivity contribution in [3.63, 3.8) is 0 Å². The Morgan fingerprint density at radius 1 is 1.23 bits per heavy atom. The number of carbonyl (C=O) groups is 2. The molecule has 3 aliphatic rings. The van der Waals surface area contributed by atoms with E-state index >= 15 is 0 Å². The fourth-order valence-corrected chi connectivity index (χ4v) is 4.87. The molecule has 3 heterocycles. The number of fused-ring (bicyclic) bond motifs is 1. The van der Waals surface area contributed by atoms with Gasteiger partial charge in [0, 0.05) is 24.6 Å². The van der Waals surface area contributed by atoms with Gasteiger partial charge in [-0.1, -0.05) is 40.0 Å². The number of nitrogens with zero attached hydrogens (tertiary/aromatic N) is 3. The van der Waals surface area contributed by atoms with E-state index in [9.17, 15) is 9.59 Å². The second-order valence-electron chi connectivity index (χ2n) is 10.5. The van der Waals surface area contributed by atoms with Gasteiger partial charge in [-0.05, 0) is 38.7 Å². The van der Waals surface area contributed by atoms with Crippen LogP contribution in [0.4, 0.5) is 0 Å². The number of aromatic nitrogens is 2. The van der Waals surface area contributed by atoms with Gasteiger partial charge in [-0.15, -0.1) is 0 Å². The van der Waals surface area contributed by atoms with Crippen LogP contribution in [-0.4, -0.2) is 57.3 Å². The Balaban J connectivity index is 1.65. The molecule has 1 saturated carbocycles. The minimum absolute atomic E-state index is 0.00712. The number of nitrogens with one attached hydrogen (secondary N) is 1. The van der Waals surface area contributed by atoms with Gasteiger partial charge in [0.1, 0.15) is 11.2 Å². The van der Waals surface area contributed by atoms with Gasteiger partial charge < -0.3 is 15.0 Å². The number of hydrogen-bond donors (Lipinski definition) is 1. The smallest absolute Gasteiger partial charge is 0.273 e. The highest BCUT2D eigenvalue weighted by Crippen LogP contribution is 2.32. The van der Waals surface area contributed by atoms with Gasteiger partial charge in [0.25, 0.3) is 5.91 Å². The zero-order valence-corrected chi connectivity index (χ0v) is 18.9. The maximum Gasteiger partial charge on any atom is 0.273 e. The van der Waals surface area contributed by atoms with Crippen LogP contribution in [0.3, 0.4) is 0 Å². The average Bonchev–Trinajstić information content (AvgIpc) is 3.35. The van der Waals surface area contributed by atoms with Crippen LogP contribution in [0.15, 0.2) is 6.07 Å². The van der Waals surface area contributed by atoms with Crippen LogP contribution in [-0.2, 0) is 21.5 Å². The number of carbonyl (C=O) groups excluding carboxylic acids is 2. The van der Waals surface area contributed by atoms with Gasteiger partial charge in [-0.2, -0.15) is 5.10 Å². The van der Waals surface area contributed by atoms with E-state index in [-0.39, 0.29) is 29.4 Å². The van der Waals surface area contributed by atoms with Gasteiger partial charge in [0.2, 0.25) is 5.91 Å². The second-order valence-corrected chi connectivity index (χ2v) is 10.5. The molecular formula is C23H36N4O3. The highest BCUT2D eigenvalue weighted by Gasteiger charge is 2.49. The molecule has 4 rings (SSSR count). The summed E-state index contributed by atoms with van der Waals surface area (Å²) in [5.41, 5.74) is 0.306. The molecule has 2 aliphatic heterocycles. The molecule has 1 aromatic heterocycles. The lowest BCUT2D eigenvalue weighted by molar-refractivity contribution is -0.134. The second kappa shape index (κ2) is 7.98. The van der Waals surface area contributed by atoms with Crippen molar-refractivity contribution in [2.75, 3.05) is 13.2 Å². The lowest BCUT2D eigenvalue weighted by Crippen LogP contribution is -2.66. The van der Waals surface area contributed by atoms with E-state index < -0.39 is 5.54 Å². The van der Waals surface area contributed by atoms with Gasteiger partial charge in [-0.25, -0.2) is 0 Å². The Hall–Kier alpha value is -1.89. The number of amides is 2. The topological polar surface area (TPSA) is 76.5 Å². The summed E-state index contributed by atoms with van der Waals surface area (Å²) in [5, 5.41) is 7.98. The van der Waals surface area contributed by atoms with Gasteiger partial charge in [0.05, 0.1) is 18.3 Å². The maximum absolute atomic E-state index is 13.6. The van der Waals surface area contributed by atoms with Crippen LogP contribution < -0.4 is 5.32 Å². The number of ether oxygens (including phenoxy) is 1. The third-order valence-corrected chi connectivity index (χ3v) is 6.91. The summed E-state index contributed by atoms with van der Waals surface area (Å²) in [4.78, 5) is 28.9. The van der Waals surface area contributed by atoms with Crippen molar-refractivity contribution in [1.29, 1.82) is 0 Å². The van der Waals surface area contributed by atoms with Crippen molar-refractivity contribution in [2.24, 2.45) is 0 Å². The summed E-state index contributed by atoms with van der Waals surface area (Å²) in [6, 6.07) is 2.09. The number of hydrogen-bond acceptors (Lipinski definition) is 4. The van der Waals surface area contributed by atoms with Crippen LogP contribution in [0.5, 0.6) is 0 Å². The maximum atomic E-state index is 13.6. The lowest BCUT2D eigenvalue weighted by Gasteiger charge is -2.44. The van der Waals surface area contributed by atoms with E-state index in [1.54, 1.807) is 9.58 Å². The summed E-state index contributed by atoms with van der Waals surface area (Å²) in [7, 11) is 0. The predicted molar refractivity (Wildman–Crippen MR) is 114 cm³/mol. The molecule has 1 saturated heterocycles. The molecule has 1 aromatic rings. The molecule has 1 aliphatic carbocycles. The van der Waals surface area contributed by atoms with Crippen molar-refractivity contribution < 1.29 is 14.3 Å². The molecule has 0 aromatic carbocycles. The molecule has 30 heavy (non-hydrogen) atoms. The molecule has 2 unspecified atom stereocenters. The van der Waals surface area contributed by atoms with Crippen LogP contribution in [0, 0.1) is 0 Å². The first-order chi connectivity index (χ1) is 14.2. The van der Waals surface area contributed by atoms with E-state index in [4.69, 9.17) is 9.84 Å². The van der Waals surface area contributed by atoms with Crippen molar-refractivity contribution in [1.82, 2.24) is 20.0 Å². The molecule has 7 nitrogen and oxygen atoms in total. The van der Waals surface area contributed by atoms with Crippen LogP contribution in [0.25, 0.3) is 0 Å². The molecule has 166 valence electrons. The molecule has 2 atom stereocenters.